The molecule has 164 valence electrons. The number of benzene rings is 2. The van der Waals surface area contributed by atoms with Gasteiger partial charge in [0.2, 0.25) is 6.29 Å². The van der Waals surface area contributed by atoms with Crippen molar-refractivity contribution in [3.05, 3.63) is 85.2 Å². The Morgan fingerprint density at radius 3 is 2.10 bits per heavy atom. The van der Waals surface area contributed by atoms with E-state index in [0.29, 0.717) is 19.8 Å². The quantitative estimate of drug-likeness (QED) is 0.615. The van der Waals surface area contributed by atoms with Gasteiger partial charge in [0.15, 0.2) is 0 Å². The van der Waals surface area contributed by atoms with Crippen LogP contribution in [0.2, 0.25) is 5.04 Å². The highest BCUT2D eigenvalue weighted by molar-refractivity contribution is 6.99. The molecule has 5 heteroatoms. The van der Waals surface area contributed by atoms with Crippen molar-refractivity contribution in [1.29, 1.82) is 0 Å². The predicted octanol–water partition coefficient (Wildman–Crippen LogP) is 4.02. The summed E-state index contributed by atoms with van der Waals surface area (Å²) in [5.41, 5.74) is 0. The Morgan fingerprint density at radius 1 is 0.903 bits per heavy atom. The maximum atomic E-state index is 7.08. The summed E-state index contributed by atoms with van der Waals surface area (Å²) >= 11 is 0. The van der Waals surface area contributed by atoms with Crippen LogP contribution in [0.3, 0.4) is 0 Å². The molecule has 0 N–H and O–H groups in total. The van der Waals surface area contributed by atoms with Crippen molar-refractivity contribution in [3.63, 3.8) is 0 Å². The lowest BCUT2D eigenvalue weighted by atomic mass is 10.1. The Balaban J connectivity index is 1.61. The Bertz CT molecular complexity index is 849. The van der Waals surface area contributed by atoms with E-state index in [9.17, 15) is 0 Å². The molecule has 0 radical (unpaired) electrons. The molecule has 31 heavy (non-hydrogen) atoms. The maximum absolute atomic E-state index is 7.08. The highest BCUT2D eigenvalue weighted by atomic mass is 28.4. The average Bonchev–Trinajstić information content (AvgIpc) is 3.22. The molecule has 2 aliphatic rings. The lowest BCUT2D eigenvalue weighted by Gasteiger charge is -2.43. The minimum absolute atomic E-state index is 0.0501. The highest BCUT2D eigenvalue weighted by Gasteiger charge is 2.51. The van der Waals surface area contributed by atoms with E-state index in [1.807, 2.05) is 18.2 Å². The van der Waals surface area contributed by atoms with E-state index in [-0.39, 0.29) is 23.4 Å². The molecule has 0 aromatic heterocycles. The molecular formula is C26H32O4Si. The standard InChI is InChI=1S/C26H32O4Si/c1-26(2,3)31(22-12-6-4-7-13-22,23-14-8-5-9-15-23)29-19-21-18-27-20-24(21)30-25-16-10-11-17-28-25/h4-17,21,24-25H,18-20H2,1-3H3. The molecule has 2 aliphatic heterocycles. The second kappa shape index (κ2) is 9.53. The third-order valence-electron chi connectivity index (χ3n) is 6.05. The second-order valence-electron chi connectivity index (χ2n) is 9.16. The summed E-state index contributed by atoms with van der Waals surface area (Å²) < 4.78 is 24.6. The number of hydrogen-bond donors (Lipinski definition) is 0. The summed E-state index contributed by atoms with van der Waals surface area (Å²) in [7, 11) is -2.57. The van der Waals surface area contributed by atoms with Crippen LogP contribution < -0.4 is 10.4 Å². The van der Waals surface area contributed by atoms with Gasteiger partial charge in [0.1, 0.15) is 0 Å². The molecule has 2 aromatic rings. The first-order chi connectivity index (χ1) is 15.0. The van der Waals surface area contributed by atoms with Crippen molar-refractivity contribution >= 4 is 18.7 Å². The van der Waals surface area contributed by atoms with Gasteiger partial charge in [0.25, 0.3) is 8.32 Å². The largest absolute Gasteiger partial charge is 0.469 e. The highest BCUT2D eigenvalue weighted by Crippen LogP contribution is 2.37. The van der Waals surface area contributed by atoms with Gasteiger partial charge < -0.3 is 18.6 Å². The summed E-state index contributed by atoms with van der Waals surface area (Å²) in [5, 5.41) is 2.52. The predicted molar refractivity (Wildman–Crippen MR) is 126 cm³/mol. The fraction of sp³-hybridized carbons (Fsp3) is 0.385. The van der Waals surface area contributed by atoms with Crippen LogP contribution in [0.4, 0.5) is 0 Å². The van der Waals surface area contributed by atoms with Gasteiger partial charge >= 0.3 is 0 Å². The molecule has 0 spiro atoms. The summed E-state index contributed by atoms with van der Waals surface area (Å²) in [6.07, 6.45) is 6.95. The molecule has 0 saturated carbocycles. The van der Waals surface area contributed by atoms with E-state index in [1.165, 1.54) is 10.4 Å². The van der Waals surface area contributed by atoms with Gasteiger partial charge in [-0.15, -0.1) is 0 Å². The first kappa shape index (κ1) is 22.0. The first-order valence-corrected chi connectivity index (χ1v) is 12.9. The van der Waals surface area contributed by atoms with Gasteiger partial charge in [-0.1, -0.05) is 87.5 Å². The van der Waals surface area contributed by atoms with Gasteiger partial charge in [-0.05, 0) is 27.6 Å². The smallest absolute Gasteiger partial charge is 0.261 e. The van der Waals surface area contributed by atoms with E-state index in [0.717, 1.165) is 0 Å². The van der Waals surface area contributed by atoms with E-state index in [1.54, 1.807) is 6.26 Å². The van der Waals surface area contributed by atoms with Crippen molar-refractivity contribution in [2.45, 2.75) is 38.2 Å². The van der Waals surface area contributed by atoms with E-state index < -0.39 is 8.32 Å². The van der Waals surface area contributed by atoms with Crippen LogP contribution in [0.25, 0.3) is 0 Å². The minimum atomic E-state index is -2.57. The topological polar surface area (TPSA) is 36.9 Å². The monoisotopic (exact) mass is 436 g/mol. The van der Waals surface area contributed by atoms with Crippen LogP contribution in [0, 0.1) is 5.92 Å². The van der Waals surface area contributed by atoms with E-state index in [2.05, 4.69) is 81.4 Å². The van der Waals surface area contributed by atoms with Crippen molar-refractivity contribution < 1.29 is 18.6 Å². The van der Waals surface area contributed by atoms with Gasteiger partial charge in [-0.3, -0.25) is 0 Å². The molecule has 0 aliphatic carbocycles. The van der Waals surface area contributed by atoms with Crippen molar-refractivity contribution in [2.24, 2.45) is 5.92 Å². The van der Waals surface area contributed by atoms with E-state index in [4.69, 9.17) is 18.6 Å². The van der Waals surface area contributed by atoms with Crippen LogP contribution in [0.1, 0.15) is 20.8 Å². The lowest BCUT2D eigenvalue weighted by Crippen LogP contribution is -2.67. The van der Waals surface area contributed by atoms with Crippen LogP contribution in [0.5, 0.6) is 0 Å². The summed E-state index contributed by atoms with van der Waals surface area (Å²) in [6, 6.07) is 21.5. The summed E-state index contributed by atoms with van der Waals surface area (Å²) in [5.74, 6) is 0.157. The zero-order valence-corrected chi connectivity index (χ0v) is 19.6. The molecule has 1 fully saturated rings. The molecule has 2 aromatic carbocycles. The number of ether oxygens (including phenoxy) is 3. The van der Waals surface area contributed by atoms with Gasteiger partial charge in [-0.25, -0.2) is 0 Å². The van der Waals surface area contributed by atoms with E-state index >= 15 is 0 Å². The molecule has 4 rings (SSSR count). The van der Waals surface area contributed by atoms with Gasteiger partial charge in [-0.2, -0.15) is 0 Å². The molecule has 3 unspecified atom stereocenters. The molecular weight excluding hydrogens is 404 g/mol. The average molecular weight is 437 g/mol. The Morgan fingerprint density at radius 2 is 1.55 bits per heavy atom. The second-order valence-corrected chi connectivity index (χ2v) is 13.5. The zero-order valence-electron chi connectivity index (χ0n) is 18.6. The fourth-order valence-corrected chi connectivity index (χ4v) is 9.12. The molecule has 2 heterocycles. The third kappa shape index (κ3) is 4.70. The van der Waals surface area contributed by atoms with Crippen LogP contribution in [-0.4, -0.2) is 40.5 Å². The number of rotatable bonds is 7. The Labute approximate surface area is 186 Å². The first-order valence-electron chi connectivity index (χ1n) is 11.0. The van der Waals surface area contributed by atoms with Gasteiger partial charge in [0, 0.05) is 12.5 Å². The summed E-state index contributed by atoms with van der Waals surface area (Å²) in [4.78, 5) is 0. The maximum Gasteiger partial charge on any atom is 0.261 e. The number of hydrogen-bond acceptors (Lipinski definition) is 4. The minimum Gasteiger partial charge on any atom is -0.469 e. The summed E-state index contributed by atoms with van der Waals surface area (Å²) in [6.45, 7) is 8.67. The third-order valence-corrected chi connectivity index (χ3v) is 11.1. The number of allylic oxidation sites excluding steroid dienone is 2. The van der Waals surface area contributed by atoms with Crippen LogP contribution >= 0.6 is 0 Å². The molecule has 0 bridgehead atoms. The molecule has 0 amide bonds. The SMILES string of the molecule is CC(C)(C)[Si](OCC1COCC1OC1C=CC=CO1)(c1ccccc1)c1ccccc1. The van der Waals surface area contributed by atoms with Crippen LogP contribution in [-0.2, 0) is 18.6 Å². The lowest BCUT2D eigenvalue weighted by molar-refractivity contribution is -0.124. The molecule has 4 nitrogen and oxygen atoms in total. The zero-order chi connectivity index (χ0) is 21.7. The Hall–Kier alpha value is -2.18. The molecule has 1 saturated heterocycles. The normalized spacial score (nSPS) is 23.6. The Kier molecular flexibility index (Phi) is 6.77. The van der Waals surface area contributed by atoms with Crippen molar-refractivity contribution in [3.8, 4) is 0 Å². The molecule has 3 atom stereocenters. The van der Waals surface area contributed by atoms with Gasteiger partial charge in [0.05, 0.1) is 25.6 Å². The van der Waals surface area contributed by atoms with Crippen molar-refractivity contribution in [2.75, 3.05) is 19.8 Å². The van der Waals surface area contributed by atoms with Crippen LogP contribution in [0.15, 0.2) is 85.2 Å². The fourth-order valence-electron chi connectivity index (χ4n) is 4.50. The van der Waals surface area contributed by atoms with Crippen molar-refractivity contribution in [1.82, 2.24) is 0 Å².